The number of para-hydroxylation sites is 1. The molecule has 1 aliphatic rings. The average molecular weight is 438 g/mol. The Morgan fingerprint density at radius 3 is 2.65 bits per heavy atom. The van der Waals surface area contributed by atoms with E-state index < -0.39 is 4.92 Å². The normalized spacial score (nSPS) is 14.5. The Bertz CT molecular complexity index is 1120. The van der Waals surface area contributed by atoms with E-state index in [9.17, 15) is 14.9 Å². The summed E-state index contributed by atoms with van der Waals surface area (Å²) in [6.07, 6.45) is 1.73. The predicted octanol–water partition coefficient (Wildman–Crippen LogP) is 5.31. The van der Waals surface area contributed by atoms with Crippen LogP contribution in [0.2, 0.25) is 0 Å². The number of aromatic nitrogens is 1. The Labute approximate surface area is 184 Å². The van der Waals surface area contributed by atoms with Gasteiger partial charge in [-0.15, -0.1) is 11.3 Å². The molecular weight excluding hydrogens is 414 g/mol. The number of carbonyl (C=O) groups is 1. The monoisotopic (exact) mass is 437 g/mol. The minimum atomic E-state index is -0.409. The molecule has 0 saturated carbocycles. The summed E-state index contributed by atoms with van der Waals surface area (Å²) in [5.41, 5.74) is 2.81. The van der Waals surface area contributed by atoms with Crippen molar-refractivity contribution in [3.8, 4) is 17.0 Å². The summed E-state index contributed by atoms with van der Waals surface area (Å²) in [7, 11) is 1.66. The number of thiazole rings is 1. The van der Waals surface area contributed by atoms with Gasteiger partial charge in [0.1, 0.15) is 11.4 Å². The Morgan fingerprint density at radius 2 is 1.97 bits per heavy atom. The highest BCUT2D eigenvalue weighted by atomic mass is 32.1. The molecule has 0 amide bonds. The molecule has 2 aromatic carbocycles. The zero-order valence-corrected chi connectivity index (χ0v) is 18.2. The molecule has 1 saturated heterocycles. The van der Waals surface area contributed by atoms with Gasteiger partial charge >= 0.3 is 0 Å². The van der Waals surface area contributed by atoms with E-state index in [1.165, 1.54) is 13.0 Å². The van der Waals surface area contributed by atoms with Crippen molar-refractivity contribution in [3.05, 3.63) is 68.5 Å². The number of ether oxygens (including phenoxy) is 1. The molecule has 4 rings (SSSR count). The maximum absolute atomic E-state index is 11.6. The number of nitro benzene ring substituents is 1. The van der Waals surface area contributed by atoms with Crippen LogP contribution >= 0.6 is 11.3 Å². The predicted molar refractivity (Wildman–Crippen MR) is 121 cm³/mol. The molecule has 1 fully saturated rings. The molecule has 0 spiro atoms. The molecule has 0 bridgehead atoms. The van der Waals surface area contributed by atoms with Crippen molar-refractivity contribution in [3.63, 3.8) is 0 Å². The number of ketones is 1. The van der Waals surface area contributed by atoms with Crippen molar-refractivity contribution in [1.29, 1.82) is 0 Å². The lowest BCUT2D eigenvalue weighted by molar-refractivity contribution is -0.384. The molecule has 7 nitrogen and oxygen atoms in total. The molecule has 0 aliphatic carbocycles. The molecule has 0 radical (unpaired) electrons. The number of nitrogens with zero attached hydrogens (tertiary/aromatic N) is 3. The SMILES string of the molecule is COc1ccccc1-c1csc(C2CCN(c3ccc(C(C)=O)cc3[N+](=O)[O-])CC2)n1. The van der Waals surface area contributed by atoms with Crippen molar-refractivity contribution in [2.24, 2.45) is 0 Å². The molecule has 1 aromatic heterocycles. The van der Waals surface area contributed by atoms with Crippen LogP contribution in [0.1, 0.15) is 41.0 Å². The zero-order chi connectivity index (χ0) is 22.0. The highest BCUT2D eigenvalue weighted by Crippen LogP contribution is 2.38. The van der Waals surface area contributed by atoms with Crippen LogP contribution < -0.4 is 9.64 Å². The molecule has 0 atom stereocenters. The number of Topliss-reactive ketones (excluding diaryl/α,β-unsaturated/α-hetero) is 1. The minimum Gasteiger partial charge on any atom is -0.496 e. The summed E-state index contributed by atoms with van der Waals surface area (Å²) < 4.78 is 5.45. The van der Waals surface area contributed by atoms with Gasteiger partial charge in [0, 0.05) is 41.6 Å². The second kappa shape index (κ2) is 8.85. The summed E-state index contributed by atoms with van der Waals surface area (Å²) in [4.78, 5) is 29.7. The van der Waals surface area contributed by atoms with E-state index in [1.54, 1.807) is 30.6 Å². The largest absolute Gasteiger partial charge is 0.496 e. The van der Waals surface area contributed by atoms with Gasteiger partial charge in [0.25, 0.3) is 5.69 Å². The van der Waals surface area contributed by atoms with Crippen LogP contribution in [0.25, 0.3) is 11.3 Å². The van der Waals surface area contributed by atoms with Gasteiger partial charge in [-0.3, -0.25) is 14.9 Å². The van der Waals surface area contributed by atoms with E-state index in [1.807, 2.05) is 29.2 Å². The van der Waals surface area contributed by atoms with Crippen LogP contribution in [0.3, 0.4) is 0 Å². The summed E-state index contributed by atoms with van der Waals surface area (Å²) in [5.74, 6) is 0.943. The summed E-state index contributed by atoms with van der Waals surface area (Å²) >= 11 is 1.65. The molecule has 3 aromatic rings. The van der Waals surface area contributed by atoms with Gasteiger partial charge in [0.2, 0.25) is 0 Å². The van der Waals surface area contributed by atoms with E-state index in [0.717, 1.165) is 34.9 Å². The number of hydrogen-bond donors (Lipinski definition) is 0. The number of methoxy groups -OCH3 is 1. The third-order valence-corrected chi connectivity index (χ3v) is 6.68. The van der Waals surface area contributed by atoms with Gasteiger partial charge in [-0.05, 0) is 44.0 Å². The molecule has 0 N–H and O–H groups in total. The van der Waals surface area contributed by atoms with E-state index >= 15 is 0 Å². The standard InChI is InChI=1S/C23H23N3O4S/c1-15(27)17-7-8-20(21(13-17)26(28)29)25-11-9-16(10-12-25)23-24-19(14-31-23)18-5-3-4-6-22(18)30-2/h3-8,13-14,16H,9-12H2,1-2H3. The highest BCUT2D eigenvalue weighted by molar-refractivity contribution is 7.10. The number of piperidine rings is 1. The molecule has 0 unspecified atom stereocenters. The maximum atomic E-state index is 11.6. The second-order valence-electron chi connectivity index (χ2n) is 7.55. The first kappa shape index (κ1) is 21.0. The van der Waals surface area contributed by atoms with Gasteiger partial charge in [-0.25, -0.2) is 4.98 Å². The van der Waals surface area contributed by atoms with Gasteiger partial charge in [0.15, 0.2) is 5.78 Å². The minimum absolute atomic E-state index is 0.0149. The highest BCUT2D eigenvalue weighted by Gasteiger charge is 2.28. The number of rotatable bonds is 6. The number of benzene rings is 2. The van der Waals surface area contributed by atoms with E-state index in [2.05, 4.69) is 5.38 Å². The first-order chi connectivity index (χ1) is 15.0. The van der Waals surface area contributed by atoms with Crippen LogP contribution in [-0.2, 0) is 0 Å². The third-order valence-electron chi connectivity index (χ3n) is 5.67. The third kappa shape index (κ3) is 4.29. The van der Waals surface area contributed by atoms with Gasteiger partial charge < -0.3 is 9.64 Å². The quantitative estimate of drug-likeness (QED) is 0.295. The van der Waals surface area contributed by atoms with Crippen molar-refractivity contribution < 1.29 is 14.5 Å². The molecular formula is C23H23N3O4S. The lowest BCUT2D eigenvalue weighted by atomic mass is 9.96. The van der Waals surface area contributed by atoms with Crippen molar-refractivity contribution in [2.75, 3.05) is 25.1 Å². The van der Waals surface area contributed by atoms with Crippen molar-refractivity contribution in [2.45, 2.75) is 25.7 Å². The Morgan fingerprint density at radius 1 is 1.23 bits per heavy atom. The first-order valence-corrected chi connectivity index (χ1v) is 11.0. The van der Waals surface area contributed by atoms with Gasteiger partial charge in [0.05, 0.1) is 22.7 Å². The molecule has 160 valence electrons. The number of anilines is 1. The number of nitro groups is 1. The van der Waals surface area contributed by atoms with Crippen LogP contribution in [0.15, 0.2) is 47.8 Å². The Balaban J connectivity index is 1.49. The number of hydrogen-bond acceptors (Lipinski definition) is 7. The van der Waals surface area contributed by atoms with Gasteiger partial charge in [-0.1, -0.05) is 12.1 Å². The lowest BCUT2D eigenvalue weighted by Gasteiger charge is -2.32. The average Bonchev–Trinajstić information content (AvgIpc) is 3.28. The fraction of sp³-hybridized carbons (Fsp3) is 0.304. The van der Waals surface area contributed by atoms with Crippen LogP contribution in [0.4, 0.5) is 11.4 Å². The Hall–Kier alpha value is -3.26. The summed E-state index contributed by atoms with van der Waals surface area (Å²) in [5, 5.41) is 14.7. The summed E-state index contributed by atoms with van der Waals surface area (Å²) in [6, 6.07) is 12.6. The van der Waals surface area contributed by atoms with E-state index in [-0.39, 0.29) is 11.5 Å². The lowest BCUT2D eigenvalue weighted by Crippen LogP contribution is -2.33. The van der Waals surface area contributed by atoms with Crippen molar-refractivity contribution >= 4 is 28.5 Å². The van der Waals surface area contributed by atoms with Crippen LogP contribution in [0.5, 0.6) is 5.75 Å². The molecule has 31 heavy (non-hydrogen) atoms. The van der Waals surface area contributed by atoms with E-state index in [0.29, 0.717) is 30.3 Å². The fourth-order valence-electron chi connectivity index (χ4n) is 3.98. The molecule has 1 aliphatic heterocycles. The van der Waals surface area contributed by atoms with Crippen LogP contribution in [-0.4, -0.2) is 35.9 Å². The molecule has 8 heteroatoms. The van der Waals surface area contributed by atoms with Crippen molar-refractivity contribution in [1.82, 2.24) is 4.98 Å². The Kier molecular flexibility index (Phi) is 5.99. The second-order valence-corrected chi connectivity index (χ2v) is 8.44. The number of carbonyl (C=O) groups excluding carboxylic acids is 1. The van der Waals surface area contributed by atoms with Gasteiger partial charge in [-0.2, -0.15) is 0 Å². The van der Waals surface area contributed by atoms with E-state index in [4.69, 9.17) is 9.72 Å². The molecule has 2 heterocycles. The fourth-order valence-corrected chi connectivity index (χ4v) is 4.97. The maximum Gasteiger partial charge on any atom is 0.293 e. The smallest absolute Gasteiger partial charge is 0.293 e. The first-order valence-electron chi connectivity index (χ1n) is 10.1. The topological polar surface area (TPSA) is 85.6 Å². The summed E-state index contributed by atoms with van der Waals surface area (Å²) in [6.45, 7) is 2.82. The van der Waals surface area contributed by atoms with Crippen LogP contribution in [0, 0.1) is 10.1 Å². The zero-order valence-electron chi connectivity index (χ0n) is 17.4.